The van der Waals surface area contributed by atoms with E-state index in [4.69, 9.17) is 6.42 Å². The van der Waals surface area contributed by atoms with E-state index in [0.29, 0.717) is 12.6 Å². The van der Waals surface area contributed by atoms with E-state index in [9.17, 15) is 4.79 Å². The molecule has 54 valence electrons. The van der Waals surface area contributed by atoms with E-state index in [1.54, 1.807) is 0 Å². The predicted octanol–water partition coefficient (Wildman–Crippen LogP) is 0.331. The summed E-state index contributed by atoms with van der Waals surface area (Å²) in [7, 11) is 0. The summed E-state index contributed by atoms with van der Waals surface area (Å²) in [5.41, 5.74) is 0. The Labute approximate surface area is 61.0 Å². The minimum atomic E-state index is 0.120. The lowest BCUT2D eigenvalue weighted by molar-refractivity contribution is -0.117. The summed E-state index contributed by atoms with van der Waals surface area (Å²) in [4.78, 5) is 10.8. The summed E-state index contributed by atoms with van der Waals surface area (Å²) < 4.78 is 0. The van der Waals surface area contributed by atoms with Crippen molar-refractivity contribution >= 4 is 5.78 Å². The van der Waals surface area contributed by atoms with Crippen molar-refractivity contribution in [1.29, 1.82) is 0 Å². The summed E-state index contributed by atoms with van der Waals surface area (Å²) >= 11 is 0. The summed E-state index contributed by atoms with van der Waals surface area (Å²) in [5.74, 6) is 2.44. The molecule has 10 heavy (non-hydrogen) atoms. The molecule has 0 spiro atoms. The molecule has 0 heterocycles. The van der Waals surface area contributed by atoms with Gasteiger partial charge in [-0.05, 0) is 12.8 Å². The molecule has 0 aliphatic heterocycles. The Kier molecular flexibility index (Phi) is 2.47. The van der Waals surface area contributed by atoms with E-state index in [1.807, 2.05) is 0 Å². The van der Waals surface area contributed by atoms with E-state index in [2.05, 4.69) is 11.2 Å². The number of rotatable bonds is 4. The standard InChI is InChI=1S/C8H11NO/c1-2-3-8(10)6-9-7-4-5-7/h1,7,9H,3-6H2. The number of ketones is 1. The first kappa shape index (κ1) is 7.30. The minimum absolute atomic E-state index is 0.120. The Balaban J connectivity index is 2.01. The van der Waals surface area contributed by atoms with Crippen LogP contribution in [0.3, 0.4) is 0 Å². The van der Waals surface area contributed by atoms with Crippen molar-refractivity contribution in [1.82, 2.24) is 5.32 Å². The fourth-order valence-corrected chi connectivity index (χ4v) is 0.722. The average molecular weight is 137 g/mol. The zero-order chi connectivity index (χ0) is 7.40. The third-order valence-corrected chi connectivity index (χ3v) is 1.46. The van der Waals surface area contributed by atoms with Crippen LogP contribution in [0.5, 0.6) is 0 Å². The first-order valence-corrected chi connectivity index (χ1v) is 3.51. The van der Waals surface area contributed by atoms with Crippen LogP contribution in [0.25, 0.3) is 0 Å². The van der Waals surface area contributed by atoms with Crippen LogP contribution in [0.4, 0.5) is 0 Å². The van der Waals surface area contributed by atoms with Gasteiger partial charge in [0.2, 0.25) is 0 Å². The van der Waals surface area contributed by atoms with Gasteiger partial charge in [-0.1, -0.05) is 5.92 Å². The highest BCUT2D eigenvalue weighted by Gasteiger charge is 2.20. The van der Waals surface area contributed by atoms with Crippen LogP contribution in [0, 0.1) is 12.3 Å². The molecule has 0 saturated heterocycles. The molecule has 0 atom stereocenters. The second kappa shape index (κ2) is 3.38. The molecule has 1 aliphatic carbocycles. The van der Waals surface area contributed by atoms with Crippen LogP contribution >= 0.6 is 0 Å². The Bertz CT molecular complexity index is 165. The summed E-state index contributed by atoms with van der Waals surface area (Å²) in [5, 5.41) is 3.10. The van der Waals surface area contributed by atoms with E-state index in [-0.39, 0.29) is 12.2 Å². The largest absolute Gasteiger partial charge is 0.307 e. The second-order valence-electron chi connectivity index (χ2n) is 2.57. The van der Waals surface area contributed by atoms with Crippen LogP contribution in [-0.4, -0.2) is 18.4 Å². The van der Waals surface area contributed by atoms with Crippen molar-refractivity contribution in [3.63, 3.8) is 0 Å². The number of hydrogen-bond donors (Lipinski definition) is 1. The van der Waals surface area contributed by atoms with Gasteiger partial charge in [-0.15, -0.1) is 6.42 Å². The third-order valence-electron chi connectivity index (χ3n) is 1.46. The molecule has 2 heteroatoms. The van der Waals surface area contributed by atoms with E-state index < -0.39 is 0 Å². The molecule has 0 bridgehead atoms. The van der Waals surface area contributed by atoms with Gasteiger partial charge in [-0.3, -0.25) is 4.79 Å². The number of nitrogens with one attached hydrogen (secondary N) is 1. The first-order valence-electron chi connectivity index (χ1n) is 3.51. The van der Waals surface area contributed by atoms with Crippen molar-refractivity contribution in [2.75, 3.05) is 6.54 Å². The summed E-state index contributed by atoms with van der Waals surface area (Å²) in [6.45, 7) is 0.453. The quantitative estimate of drug-likeness (QED) is 0.566. The van der Waals surface area contributed by atoms with Crippen molar-refractivity contribution in [3.05, 3.63) is 0 Å². The van der Waals surface area contributed by atoms with Gasteiger partial charge in [-0.2, -0.15) is 0 Å². The molecule has 1 rings (SSSR count). The van der Waals surface area contributed by atoms with Crippen LogP contribution < -0.4 is 5.32 Å². The summed E-state index contributed by atoms with van der Waals surface area (Å²) in [6, 6.07) is 0.599. The monoisotopic (exact) mass is 137 g/mol. The zero-order valence-corrected chi connectivity index (χ0v) is 5.89. The molecule has 1 fully saturated rings. The van der Waals surface area contributed by atoms with Gasteiger partial charge in [0.05, 0.1) is 13.0 Å². The van der Waals surface area contributed by atoms with Gasteiger partial charge in [0, 0.05) is 6.04 Å². The lowest BCUT2D eigenvalue weighted by atomic mass is 10.3. The molecule has 1 aliphatic rings. The highest BCUT2D eigenvalue weighted by atomic mass is 16.1. The van der Waals surface area contributed by atoms with Crippen LogP contribution in [0.15, 0.2) is 0 Å². The molecule has 2 nitrogen and oxygen atoms in total. The van der Waals surface area contributed by atoms with Gasteiger partial charge in [0.1, 0.15) is 0 Å². The molecule has 0 aromatic heterocycles. The predicted molar refractivity (Wildman–Crippen MR) is 39.5 cm³/mol. The van der Waals surface area contributed by atoms with Crippen molar-refractivity contribution < 1.29 is 4.79 Å². The lowest BCUT2D eigenvalue weighted by Gasteiger charge is -1.96. The molecular weight excluding hydrogens is 126 g/mol. The van der Waals surface area contributed by atoms with E-state index >= 15 is 0 Å². The number of Topliss-reactive ketones (excluding diaryl/α,β-unsaturated/α-hetero) is 1. The summed E-state index contributed by atoms with van der Waals surface area (Å²) in [6.07, 6.45) is 7.64. The van der Waals surface area contributed by atoms with Gasteiger partial charge >= 0.3 is 0 Å². The Hall–Kier alpha value is -0.810. The Morgan fingerprint density at radius 3 is 2.90 bits per heavy atom. The molecule has 0 unspecified atom stereocenters. The maximum atomic E-state index is 10.8. The molecule has 0 aromatic carbocycles. The van der Waals surface area contributed by atoms with Gasteiger partial charge in [-0.25, -0.2) is 0 Å². The van der Waals surface area contributed by atoms with E-state index in [1.165, 1.54) is 12.8 Å². The van der Waals surface area contributed by atoms with Crippen LogP contribution in [-0.2, 0) is 4.79 Å². The van der Waals surface area contributed by atoms with Crippen LogP contribution in [0.2, 0.25) is 0 Å². The number of carbonyl (C=O) groups is 1. The Morgan fingerprint density at radius 2 is 2.40 bits per heavy atom. The van der Waals surface area contributed by atoms with Crippen LogP contribution in [0.1, 0.15) is 19.3 Å². The van der Waals surface area contributed by atoms with Gasteiger partial charge in [0.25, 0.3) is 0 Å². The number of hydrogen-bond acceptors (Lipinski definition) is 2. The van der Waals surface area contributed by atoms with Gasteiger partial charge in [0.15, 0.2) is 5.78 Å². The third kappa shape index (κ3) is 2.65. The molecule has 1 saturated carbocycles. The number of carbonyl (C=O) groups excluding carboxylic acids is 1. The number of terminal acetylenes is 1. The fourth-order valence-electron chi connectivity index (χ4n) is 0.722. The van der Waals surface area contributed by atoms with E-state index in [0.717, 1.165) is 0 Å². The van der Waals surface area contributed by atoms with Crippen molar-refractivity contribution in [3.8, 4) is 12.3 Å². The second-order valence-corrected chi connectivity index (χ2v) is 2.57. The highest BCUT2D eigenvalue weighted by molar-refractivity contribution is 5.82. The minimum Gasteiger partial charge on any atom is -0.307 e. The average Bonchev–Trinajstić information content (AvgIpc) is 2.67. The molecular formula is C8H11NO. The highest BCUT2D eigenvalue weighted by Crippen LogP contribution is 2.17. The normalized spacial score (nSPS) is 16.3. The van der Waals surface area contributed by atoms with Gasteiger partial charge < -0.3 is 5.32 Å². The molecule has 0 radical (unpaired) electrons. The SMILES string of the molecule is C#CCC(=O)CNC1CC1. The molecule has 0 amide bonds. The topological polar surface area (TPSA) is 29.1 Å². The maximum Gasteiger partial charge on any atom is 0.158 e. The Morgan fingerprint density at radius 1 is 1.70 bits per heavy atom. The molecule has 1 N–H and O–H groups in total. The van der Waals surface area contributed by atoms with Crippen molar-refractivity contribution in [2.45, 2.75) is 25.3 Å². The maximum absolute atomic E-state index is 10.8. The molecule has 0 aromatic rings. The fraction of sp³-hybridized carbons (Fsp3) is 0.625. The van der Waals surface area contributed by atoms with Crippen molar-refractivity contribution in [2.24, 2.45) is 0 Å². The zero-order valence-electron chi connectivity index (χ0n) is 5.89. The smallest absolute Gasteiger partial charge is 0.158 e. The lowest BCUT2D eigenvalue weighted by Crippen LogP contribution is -2.24. The first-order chi connectivity index (χ1) is 4.83.